The standard InChI is InChI=1S/C18H29NO2/c1-15-3-5-17(6-4-15)18(14-19-9-12-20-2)13-16-7-10-21-11-8-16/h3-6,16,18-19H,7-14H2,1-2H3. The fourth-order valence-electron chi connectivity index (χ4n) is 3.01. The third-order valence-corrected chi connectivity index (χ3v) is 4.38. The van der Waals surface area contributed by atoms with Gasteiger partial charge in [-0.25, -0.2) is 0 Å². The van der Waals surface area contributed by atoms with Gasteiger partial charge in [0.1, 0.15) is 0 Å². The molecular formula is C18H29NO2. The average molecular weight is 291 g/mol. The predicted octanol–water partition coefficient (Wildman–Crippen LogP) is 3.13. The fraction of sp³-hybridized carbons (Fsp3) is 0.667. The molecule has 1 aromatic carbocycles. The van der Waals surface area contributed by atoms with Crippen molar-refractivity contribution in [2.45, 2.75) is 32.1 Å². The van der Waals surface area contributed by atoms with Crippen molar-refractivity contribution in [3.8, 4) is 0 Å². The highest BCUT2D eigenvalue weighted by Gasteiger charge is 2.20. The lowest BCUT2D eigenvalue weighted by molar-refractivity contribution is 0.0616. The molecule has 1 saturated heterocycles. The molecule has 1 fully saturated rings. The second-order valence-corrected chi connectivity index (χ2v) is 6.10. The molecule has 1 atom stereocenters. The summed E-state index contributed by atoms with van der Waals surface area (Å²) < 4.78 is 10.6. The van der Waals surface area contributed by atoms with Crippen LogP contribution in [-0.2, 0) is 9.47 Å². The van der Waals surface area contributed by atoms with Crippen LogP contribution in [0.2, 0.25) is 0 Å². The topological polar surface area (TPSA) is 30.5 Å². The number of hydrogen-bond donors (Lipinski definition) is 1. The molecule has 0 aliphatic carbocycles. The maximum atomic E-state index is 5.48. The molecule has 1 aliphatic rings. The van der Waals surface area contributed by atoms with Gasteiger partial charge in [0.15, 0.2) is 0 Å². The van der Waals surface area contributed by atoms with Gasteiger partial charge >= 0.3 is 0 Å². The average Bonchev–Trinajstić information content (AvgIpc) is 2.52. The molecular weight excluding hydrogens is 262 g/mol. The smallest absolute Gasteiger partial charge is 0.0587 e. The van der Waals surface area contributed by atoms with Crippen molar-refractivity contribution < 1.29 is 9.47 Å². The summed E-state index contributed by atoms with van der Waals surface area (Å²) in [4.78, 5) is 0. The van der Waals surface area contributed by atoms with E-state index in [1.165, 1.54) is 30.4 Å². The van der Waals surface area contributed by atoms with Crippen LogP contribution in [0.5, 0.6) is 0 Å². The first kappa shape index (κ1) is 16.5. The molecule has 1 aromatic rings. The summed E-state index contributed by atoms with van der Waals surface area (Å²) in [5, 5.41) is 3.53. The van der Waals surface area contributed by atoms with Crippen molar-refractivity contribution in [3.63, 3.8) is 0 Å². The summed E-state index contributed by atoms with van der Waals surface area (Å²) in [5.41, 5.74) is 2.79. The molecule has 21 heavy (non-hydrogen) atoms. The van der Waals surface area contributed by atoms with Gasteiger partial charge in [0.05, 0.1) is 6.61 Å². The highest BCUT2D eigenvalue weighted by Crippen LogP contribution is 2.29. The maximum Gasteiger partial charge on any atom is 0.0587 e. The zero-order chi connectivity index (χ0) is 14.9. The third kappa shape index (κ3) is 5.77. The van der Waals surface area contributed by atoms with Crippen molar-refractivity contribution in [1.82, 2.24) is 5.32 Å². The molecule has 1 N–H and O–H groups in total. The van der Waals surface area contributed by atoms with Gasteiger partial charge < -0.3 is 14.8 Å². The molecule has 0 radical (unpaired) electrons. The monoisotopic (exact) mass is 291 g/mol. The van der Waals surface area contributed by atoms with E-state index < -0.39 is 0 Å². The molecule has 1 unspecified atom stereocenters. The van der Waals surface area contributed by atoms with E-state index in [-0.39, 0.29) is 0 Å². The summed E-state index contributed by atoms with van der Waals surface area (Å²) in [5.74, 6) is 1.39. The van der Waals surface area contributed by atoms with Gasteiger partial charge in [-0.2, -0.15) is 0 Å². The van der Waals surface area contributed by atoms with Crippen LogP contribution < -0.4 is 5.32 Å². The van der Waals surface area contributed by atoms with Crippen LogP contribution in [0.1, 0.15) is 36.3 Å². The van der Waals surface area contributed by atoms with Gasteiger partial charge in [-0.1, -0.05) is 29.8 Å². The van der Waals surface area contributed by atoms with E-state index in [2.05, 4.69) is 36.5 Å². The van der Waals surface area contributed by atoms with Crippen molar-refractivity contribution in [2.75, 3.05) is 40.0 Å². The zero-order valence-corrected chi connectivity index (χ0v) is 13.4. The normalized spacial score (nSPS) is 17.8. The third-order valence-electron chi connectivity index (χ3n) is 4.38. The Morgan fingerprint density at radius 2 is 1.95 bits per heavy atom. The SMILES string of the molecule is COCCNCC(CC1CCOCC1)c1ccc(C)cc1. The van der Waals surface area contributed by atoms with Crippen LogP contribution in [0, 0.1) is 12.8 Å². The minimum atomic E-state index is 0.588. The molecule has 3 nitrogen and oxygen atoms in total. The number of nitrogens with one attached hydrogen (secondary N) is 1. The molecule has 0 spiro atoms. The lowest BCUT2D eigenvalue weighted by Crippen LogP contribution is -2.27. The number of benzene rings is 1. The maximum absolute atomic E-state index is 5.48. The van der Waals surface area contributed by atoms with Crippen LogP contribution in [0.25, 0.3) is 0 Å². The van der Waals surface area contributed by atoms with E-state index in [1.807, 2.05) is 0 Å². The first-order valence-corrected chi connectivity index (χ1v) is 8.13. The molecule has 2 rings (SSSR count). The summed E-state index contributed by atoms with van der Waals surface area (Å²) in [6.45, 7) is 6.74. The highest BCUT2D eigenvalue weighted by atomic mass is 16.5. The summed E-state index contributed by atoms with van der Waals surface area (Å²) >= 11 is 0. The molecule has 0 aromatic heterocycles. The van der Waals surface area contributed by atoms with E-state index in [4.69, 9.17) is 9.47 Å². The van der Waals surface area contributed by atoms with Gasteiger partial charge in [-0.05, 0) is 43.6 Å². The number of methoxy groups -OCH3 is 1. The molecule has 118 valence electrons. The number of ether oxygens (including phenoxy) is 2. The predicted molar refractivity (Wildman–Crippen MR) is 86.8 cm³/mol. The lowest BCUT2D eigenvalue weighted by Gasteiger charge is -2.27. The Morgan fingerprint density at radius 3 is 2.62 bits per heavy atom. The Morgan fingerprint density at radius 1 is 1.24 bits per heavy atom. The van der Waals surface area contributed by atoms with Gasteiger partial charge in [0, 0.05) is 33.4 Å². The Labute approximate surface area is 129 Å². The van der Waals surface area contributed by atoms with Crippen molar-refractivity contribution >= 4 is 0 Å². The van der Waals surface area contributed by atoms with Crippen molar-refractivity contribution in [2.24, 2.45) is 5.92 Å². The Hall–Kier alpha value is -0.900. The van der Waals surface area contributed by atoms with Crippen LogP contribution in [-0.4, -0.2) is 40.0 Å². The quantitative estimate of drug-likeness (QED) is 0.746. The van der Waals surface area contributed by atoms with Gasteiger partial charge in [-0.15, -0.1) is 0 Å². The number of aryl methyl sites for hydroxylation is 1. The first-order chi connectivity index (χ1) is 10.3. The van der Waals surface area contributed by atoms with Crippen LogP contribution in [0.15, 0.2) is 24.3 Å². The Kier molecular flexibility index (Phi) is 7.20. The number of hydrogen-bond acceptors (Lipinski definition) is 3. The van der Waals surface area contributed by atoms with E-state index in [1.54, 1.807) is 7.11 Å². The first-order valence-electron chi connectivity index (χ1n) is 8.13. The Balaban J connectivity index is 1.93. The zero-order valence-electron chi connectivity index (χ0n) is 13.4. The second-order valence-electron chi connectivity index (χ2n) is 6.10. The molecule has 0 amide bonds. The number of rotatable bonds is 8. The van der Waals surface area contributed by atoms with E-state index >= 15 is 0 Å². The lowest BCUT2D eigenvalue weighted by atomic mass is 9.85. The highest BCUT2D eigenvalue weighted by molar-refractivity contribution is 5.25. The van der Waals surface area contributed by atoms with Crippen LogP contribution in [0.4, 0.5) is 0 Å². The molecule has 0 saturated carbocycles. The second kappa shape index (κ2) is 9.19. The van der Waals surface area contributed by atoms with E-state index in [0.717, 1.165) is 38.8 Å². The molecule has 1 aliphatic heterocycles. The van der Waals surface area contributed by atoms with E-state index in [0.29, 0.717) is 5.92 Å². The van der Waals surface area contributed by atoms with Gasteiger partial charge in [0.25, 0.3) is 0 Å². The fourth-order valence-corrected chi connectivity index (χ4v) is 3.01. The van der Waals surface area contributed by atoms with Crippen LogP contribution >= 0.6 is 0 Å². The summed E-state index contributed by atoms with van der Waals surface area (Å²) in [6.07, 6.45) is 3.67. The molecule has 1 heterocycles. The van der Waals surface area contributed by atoms with E-state index in [9.17, 15) is 0 Å². The Bertz CT molecular complexity index is 385. The summed E-state index contributed by atoms with van der Waals surface area (Å²) in [6, 6.07) is 9.03. The van der Waals surface area contributed by atoms with Crippen molar-refractivity contribution in [3.05, 3.63) is 35.4 Å². The largest absolute Gasteiger partial charge is 0.383 e. The van der Waals surface area contributed by atoms with Crippen molar-refractivity contribution in [1.29, 1.82) is 0 Å². The molecule has 3 heteroatoms. The van der Waals surface area contributed by atoms with Gasteiger partial charge in [-0.3, -0.25) is 0 Å². The van der Waals surface area contributed by atoms with Crippen LogP contribution in [0.3, 0.4) is 0 Å². The summed E-state index contributed by atoms with van der Waals surface area (Å²) in [7, 11) is 1.75. The molecule has 0 bridgehead atoms. The minimum Gasteiger partial charge on any atom is -0.383 e. The van der Waals surface area contributed by atoms with Gasteiger partial charge in [0.2, 0.25) is 0 Å². The minimum absolute atomic E-state index is 0.588.